The first-order chi connectivity index (χ1) is 7.69. The molecular formula is C11H10BrF2NO. The molecule has 0 amide bonds. The summed E-state index contributed by atoms with van der Waals surface area (Å²) in [4.78, 5) is 0. The van der Waals surface area contributed by atoms with Crippen LogP contribution in [0.3, 0.4) is 0 Å². The van der Waals surface area contributed by atoms with Crippen LogP contribution in [0.15, 0.2) is 18.2 Å². The summed E-state index contributed by atoms with van der Waals surface area (Å²) in [6, 6.07) is 6.64. The number of rotatable bonds is 5. The number of hydrogen-bond acceptors (Lipinski definition) is 2. The molecule has 0 unspecified atom stereocenters. The van der Waals surface area contributed by atoms with Gasteiger partial charge in [-0.25, -0.2) is 0 Å². The zero-order valence-electron chi connectivity index (χ0n) is 8.42. The minimum Gasteiger partial charge on any atom is -0.433 e. The minimum absolute atomic E-state index is 0.0513. The highest BCUT2D eigenvalue weighted by Crippen LogP contribution is 2.24. The van der Waals surface area contributed by atoms with Crippen LogP contribution in [0.5, 0.6) is 5.75 Å². The summed E-state index contributed by atoms with van der Waals surface area (Å²) in [5.74, 6) is -0.0513. The fraction of sp³-hybridized carbons (Fsp3) is 0.364. The third kappa shape index (κ3) is 3.46. The Labute approximate surface area is 101 Å². The van der Waals surface area contributed by atoms with E-state index in [2.05, 4.69) is 20.7 Å². The fourth-order valence-corrected chi connectivity index (χ4v) is 1.64. The topological polar surface area (TPSA) is 33.0 Å². The largest absolute Gasteiger partial charge is 0.433 e. The Morgan fingerprint density at radius 2 is 2.19 bits per heavy atom. The van der Waals surface area contributed by atoms with E-state index in [0.29, 0.717) is 6.42 Å². The van der Waals surface area contributed by atoms with Crippen molar-refractivity contribution in [3.8, 4) is 11.8 Å². The van der Waals surface area contributed by atoms with E-state index < -0.39 is 6.61 Å². The van der Waals surface area contributed by atoms with E-state index in [4.69, 9.17) is 5.26 Å². The monoisotopic (exact) mass is 289 g/mol. The molecule has 0 bridgehead atoms. The van der Waals surface area contributed by atoms with Crippen molar-refractivity contribution < 1.29 is 13.5 Å². The third-order valence-electron chi connectivity index (χ3n) is 2.02. The number of alkyl halides is 3. The van der Waals surface area contributed by atoms with Crippen LogP contribution in [0.1, 0.15) is 17.5 Å². The van der Waals surface area contributed by atoms with Gasteiger partial charge in [0.15, 0.2) is 0 Å². The molecule has 0 spiro atoms. The molecule has 5 heteroatoms. The zero-order valence-corrected chi connectivity index (χ0v) is 10.0. The number of hydrogen-bond donors (Lipinski definition) is 0. The Morgan fingerprint density at radius 1 is 1.44 bits per heavy atom. The van der Waals surface area contributed by atoms with Crippen LogP contribution < -0.4 is 4.74 Å². The standard InChI is InChI=1S/C11H10BrF2NO/c12-6-2-4-8-3-1-5-10(9(8)7-15)16-11(13)14/h1,3,5,11H,2,4,6H2. The molecule has 2 nitrogen and oxygen atoms in total. The van der Waals surface area contributed by atoms with E-state index in [1.165, 1.54) is 6.07 Å². The van der Waals surface area contributed by atoms with Gasteiger partial charge in [0, 0.05) is 5.33 Å². The van der Waals surface area contributed by atoms with Crippen LogP contribution in [0.25, 0.3) is 0 Å². The second-order valence-corrected chi connectivity index (χ2v) is 3.87. The lowest BCUT2D eigenvalue weighted by Gasteiger charge is -2.09. The molecule has 0 aliphatic carbocycles. The normalized spacial score (nSPS) is 10.2. The Morgan fingerprint density at radius 3 is 2.75 bits per heavy atom. The van der Waals surface area contributed by atoms with Crippen LogP contribution in [-0.2, 0) is 6.42 Å². The molecule has 1 aromatic carbocycles. The summed E-state index contributed by atoms with van der Waals surface area (Å²) < 4.78 is 28.5. The Bertz CT molecular complexity index is 390. The van der Waals surface area contributed by atoms with Crippen LogP contribution in [0.4, 0.5) is 8.78 Å². The van der Waals surface area contributed by atoms with E-state index in [1.807, 2.05) is 6.07 Å². The zero-order chi connectivity index (χ0) is 12.0. The molecule has 0 radical (unpaired) electrons. The molecule has 1 aromatic rings. The van der Waals surface area contributed by atoms with Gasteiger partial charge in [0.1, 0.15) is 11.8 Å². The summed E-state index contributed by atoms with van der Waals surface area (Å²) in [6.07, 6.45) is 1.50. The molecule has 1 rings (SSSR count). The Balaban J connectivity index is 2.97. The maximum Gasteiger partial charge on any atom is 0.387 e. The van der Waals surface area contributed by atoms with Gasteiger partial charge in [-0.2, -0.15) is 14.0 Å². The average molecular weight is 290 g/mol. The van der Waals surface area contributed by atoms with Crippen LogP contribution in [0.2, 0.25) is 0 Å². The van der Waals surface area contributed by atoms with Gasteiger partial charge in [-0.15, -0.1) is 0 Å². The molecule has 0 aliphatic heterocycles. The molecule has 16 heavy (non-hydrogen) atoms. The predicted octanol–water partition coefficient (Wildman–Crippen LogP) is 3.49. The van der Waals surface area contributed by atoms with Crippen molar-refractivity contribution >= 4 is 15.9 Å². The van der Waals surface area contributed by atoms with Crippen molar-refractivity contribution in [1.29, 1.82) is 5.26 Å². The highest BCUT2D eigenvalue weighted by atomic mass is 79.9. The lowest BCUT2D eigenvalue weighted by Crippen LogP contribution is -2.05. The average Bonchev–Trinajstić information content (AvgIpc) is 2.25. The van der Waals surface area contributed by atoms with Crippen molar-refractivity contribution in [3.63, 3.8) is 0 Å². The maximum absolute atomic E-state index is 12.1. The van der Waals surface area contributed by atoms with Gasteiger partial charge < -0.3 is 4.74 Å². The Hall–Kier alpha value is -1.15. The summed E-state index contributed by atoms with van der Waals surface area (Å²) >= 11 is 3.28. The quantitative estimate of drug-likeness (QED) is 0.778. The smallest absolute Gasteiger partial charge is 0.387 e. The molecular weight excluding hydrogens is 280 g/mol. The summed E-state index contributed by atoms with van der Waals surface area (Å²) in [5, 5.41) is 9.73. The van der Waals surface area contributed by atoms with Crippen LogP contribution >= 0.6 is 15.9 Å². The molecule has 0 heterocycles. The van der Waals surface area contributed by atoms with Crippen molar-refractivity contribution in [2.24, 2.45) is 0 Å². The van der Waals surface area contributed by atoms with Gasteiger partial charge in [0.05, 0.1) is 5.56 Å². The second kappa shape index (κ2) is 6.44. The number of aryl methyl sites for hydroxylation is 1. The van der Waals surface area contributed by atoms with E-state index in [0.717, 1.165) is 17.3 Å². The van der Waals surface area contributed by atoms with Gasteiger partial charge in [0.25, 0.3) is 0 Å². The van der Waals surface area contributed by atoms with Crippen LogP contribution in [-0.4, -0.2) is 11.9 Å². The molecule has 0 saturated carbocycles. The number of halogens is 3. The first-order valence-corrected chi connectivity index (χ1v) is 5.84. The van der Waals surface area contributed by atoms with Gasteiger partial charge in [-0.1, -0.05) is 28.1 Å². The highest BCUT2D eigenvalue weighted by molar-refractivity contribution is 9.09. The van der Waals surface area contributed by atoms with Crippen LogP contribution in [0, 0.1) is 11.3 Å². The molecule has 0 saturated heterocycles. The van der Waals surface area contributed by atoms with Crippen molar-refractivity contribution in [3.05, 3.63) is 29.3 Å². The first-order valence-electron chi connectivity index (χ1n) is 4.71. The highest BCUT2D eigenvalue weighted by Gasteiger charge is 2.12. The summed E-state index contributed by atoms with van der Waals surface area (Å²) in [6.45, 7) is -2.90. The van der Waals surface area contributed by atoms with Crippen molar-refractivity contribution in [2.45, 2.75) is 19.5 Å². The molecule has 0 aliphatic rings. The molecule has 0 atom stereocenters. The van der Waals surface area contributed by atoms with E-state index in [9.17, 15) is 8.78 Å². The SMILES string of the molecule is N#Cc1c(CCCBr)cccc1OC(F)F. The number of nitriles is 1. The van der Waals surface area contributed by atoms with E-state index in [1.54, 1.807) is 12.1 Å². The number of nitrogens with zero attached hydrogens (tertiary/aromatic N) is 1. The van der Waals surface area contributed by atoms with Crippen molar-refractivity contribution in [2.75, 3.05) is 5.33 Å². The molecule has 0 fully saturated rings. The lowest BCUT2D eigenvalue weighted by molar-refractivity contribution is -0.0500. The maximum atomic E-state index is 12.1. The van der Waals surface area contributed by atoms with Gasteiger partial charge in [-0.3, -0.25) is 0 Å². The lowest BCUT2D eigenvalue weighted by atomic mass is 10.0. The second-order valence-electron chi connectivity index (χ2n) is 3.07. The van der Waals surface area contributed by atoms with Crippen molar-refractivity contribution in [1.82, 2.24) is 0 Å². The predicted molar refractivity (Wildman–Crippen MR) is 59.9 cm³/mol. The van der Waals surface area contributed by atoms with E-state index >= 15 is 0 Å². The summed E-state index contributed by atoms with van der Waals surface area (Å²) in [7, 11) is 0. The molecule has 86 valence electrons. The first kappa shape index (κ1) is 12.9. The molecule has 0 aromatic heterocycles. The summed E-state index contributed by atoms with van der Waals surface area (Å²) in [5.41, 5.74) is 0.934. The van der Waals surface area contributed by atoms with E-state index in [-0.39, 0.29) is 11.3 Å². The number of benzene rings is 1. The Kier molecular flexibility index (Phi) is 5.20. The number of ether oxygens (including phenoxy) is 1. The molecule has 0 N–H and O–H groups in total. The fourth-order valence-electron chi connectivity index (χ4n) is 1.36. The van der Waals surface area contributed by atoms with Gasteiger partial charge >= 0.3 is 6.61 Å². The third-order valence-corrected chi connectivity index (χ3v) is 2.58. The minimum atomic E-state index is -2.90. The van der Waals surface area contributed by atoms with Gasteiger partial charge in [-0.05, 0) is 24.5 Å². The van der Waals surface area contributed by atoms with Gasteiger partial charge in [0.2, 0.25) is 0 Å².